The molecule has 0 aromatic rings. The largest absolute Gasteiger partial charge is 0.480 e. The summed E-state index contributed by atoms with van der Waals surface area (Å²) in [7, 11) is 0. The molecule has 1 rings (SSSR count). The molecule has 7 N–H and O–H groups in total. The van der Waals surface area contributed by atoms with Crippen molar-refractivity contribution in [2.45, 2.75) is 62.7 Å². The van der Waals surface area contributed by atoms with E-state index < -0.39 is 42.0 Å². The van der Waals surface area contributed by atoms with Gasteiger partial charge in [0, 0.05) is 12.3 Å². The summed E-state index contributed by atoms with van der Waals surface area (Å²) in [6.07, 6.45) is 5.37. The number of carboxylic acids is 1. The van der Waals surface area contributed by atoms with Crippen molar-refractivity contribution in [3.05, 3.63) is 0 Å². The van der Waals surface area contributed by atoms with Crippen LogP contribution in [0.4, 0.5) is 0 Å². The fraction of sp³-hybridized carbons (Fsp3) is 0.789. The highest BCUT2D eigenvalue weighted by molar-refractivity contribution is 7.98. The van der Waals surface area contributed by atoms with Crippen molar-refractivity contribution in [1.29, 1.82) is 0 Å². The van der Waals surface area contributed by atoms with Gasteiger partial charge in [-0.15, -0.1) is 0 Å². The second-order valence-corrected chi connectivity index (χ2v) is 8.86. The van der Waals surface area contributed by atoms with Crippen LogP contribution in [0.15, 0.2) is 0 Å². The van der Waals surface area contributed by atoms with Gasteiger partial charge in [-0.05, 0) is 50.7 Å². The predicted molar refractivity (Wildman–Crippen MR) is 124 cm³/mol. The van der Waals surface area contributed by atoms with E-state index in [9.17, 15) is 19.2 Å². The minimum atomic E-state index is -1.20. The topological polar surface area (TPSA) is 168 Å². The molecule has 178 valence electrons. The molecule has 1 fully saturated rings. The molecule has 31 heavy (non-hydrogen) atoms. The number of likely N-dealkylation sites (tertiary alicyclic amines) is 1. The number of thioether (sulfide) groups is 1. The number of unbranched alkanes of at least 4 members (excludes halogenated alkanes) is 1. The van der Waals surface area contributed by atoms with Crippen LogP contribution >= 0.6 is 24.4 Å². The molecule has 0 bridgehead atoms. The molecule has 1 heterocycles. The fourth-order valence-electron chi connectivity index (χ4n) is 3.38. The van der Waals surface area contributed by atoms with E-state index in [-0.39, 0.29) is 11.7 Å². The first-order chi connectivity index (χ1) is 14.8. The molecule has 10 nitrogen and oxygen atoms in total. The summed E-state index contributed by atoms with van der Waals surface area (Å²) in [6.45, 7) is 0.967. The molecule has 0 aromatic heterocycles. The van der Waals surface area contributed by atoms with Crippen LogP contribution in [0.3, 0.4) is 0 Å². The molecule has 0 spiro atoms. The normalized spacial score (nSPS) is 18.8. The molecule has 0 aliphatic carbocycles. The van der Waals surface area contributed by atoms with Gasteiger partial charge in [0.25, 0.3) is 0 Å². The smallest absolute Gasteiger partial charge is 0.327 e. The van der Waals surface area contributed by atoms with Crippen molar-refractivity contribution in [3.8, 4) is 0 Å². The van der Waals surface area contributed by atoms with Crippen molar-refractivity contribution < 1.29 is 24.3 Å². The Balaban J connectivity index is 2.80. The Kier molecular flexibility index (Phi) is 12.9. The summed E-state index contributed by atoms with van der Waals surface area (Å²) in [5.41, 5.74) is 11.5. The van der Waals surface area contributed by atoms with Crippen molar-refractivity contribution >= 4 is 48.1 Å². The predicted octanol–water partition coefficient (Wildman–Crippen LogP) is -0.829. The maximum Gasteiger partial charge on any atom is 0.327 e. The first-order valence-corrected chi connectivity index (χ1v) is 12.5. The highest BCUT2D eigenvalue weighted by Crippen LogP contribution is 2.20. The summed E-state index contributed by atoms with van der Waals surface area (Å²) in [4.78, 5) is 50.9. The molecule has 0 saturated carbocycles. The van der Waals surface area contributed by atoms with Gasteiger partial charge in [-0.3, -0.25) is 14.4 Å². The average Bonchev–Trinajstić information content (AvgIpc) is 3.23. The van der Waals surface area contributed by atoms with Crippen LogP contribution in [-0.2, 0) is 19.2 Å². The summed E-state index contributed by atoms with van der Waals surface area (Å²) in [5, 5.41) is 14.2. The number of aliphatic carboxylic acids is 1. The van der Waals surface area contributed by atoms with E-state index in [1.165, 1.54) is 16.7 Å². The van der Waals surface area contributed by atoms with Gasteiger partial charge in [0.15, 0.2) is 0 Å². The standard InChI is InChI=1S/C19H35N5O5S2/c1-31-10-7-13(16(25)23-14(11-30)19(28)29)22-17(26)15-6-4-9-24(15)18(27)12(21)5-2-3-8-20/h12-15,30H,2-11,20-21H2,1H3,(H,22,26)(H,23,25)(H,28,29). The van der Waals surface area contributed by atoms with E-state index in [2.05, 4.69) is 23.3 Å². The molecular weight excluding hydrogens is 442 g/mol. The van der Waals surface area contributed by atoms with E-state index >= 15 is 0 Å². The Hall–Kier alpha value is -1.50. The molecule has 4 unspecified atom stereocenters. The van der Waals surface area contributed by atoms with Gasteiger partial charge in [0.1, 0.15) is 18.1 Å². The lowest BCUT2D eigenvalue weighted by molar-refractivity contribution is -0.142. The fourth-order valence-corrected chi connectivity index (χ4v) is 4.10. The van der Waals surface area contributed by atoms with Crippen LogP contribution in [0.1, 0.15) is 38.5 Å². The van der Waals surface area contributed by atoms with Gasteiger partial charge in [0.05, 0.1) is 6.04 Å². The lowest BCUT2D eigenvalue weighted by Gasteiger charge is -2.28. The molecule has 0 aromatic carbocycles. The Labute approximate surface area is 193 Å². The lowest BCUT2D eigenvalue weighted by Crippen LogP contribution is -2.57. The summed E-state index contributed by atoms with van der Waals surface area (Å²) in [5.74, 6) is -1.97. The average molecular weight is 478 g/mol. The molecule has 4 atom stereocenters. The van der Waals surface area contributed by atoms with Gasteiger partial charge in [-0.2, -0.15) is 24.4 Å². The minimum absolute atomic E-state index is 0.0722. The number of carboxylic acid groups (broad SMARTS) is 1. The van der Waals surface area contributed by atoms with E-state index in [1.54, 1.807) is 0 Å². The van der Waals surface area contributed by atoms with Crippen LogP contribution in [0.2, 0.25) is 0 Å². The molecule has 1 aliphatic rings. The van der Waals surface area contributed by atoms with Gasteiger partial charge in [-0.25, -0.2) is 4.79 Å². The zero-order chi connectivity index (χ0) is 23.4. The van der Waals surface area contributed by atoms with Crippen LogP contribution in [-0.4, -0.2) is 88.7 Å². The number of nitrogens with two attached hydrogens (primary N) is 2. The number of carbonyl (C=O) groups excluding carboxylic acids is 3. The highest BCUT2D eigenvalue weighted by Gasteiger charge is 2.37. The SMILES string of the molecule is CSCCC(NC(=O)C1CCCN1C(=O)C(N)CCCCN)C(=O)NC(CS)C(=O)O. The van der Waals surface area contributed by atoms with Crippen molar-refractivity contribution in [1.82, 2.24) is 15.5 Å². The van der Waals surface area contributed by atoms with E-state index in [1.807, 2.05) is 6.26 Å². The zero-order valence-corrected chi connectivity index (χ0v) is 19.6. The quantitative estimate of drug-likeness (QED) is 0.139. The van der Waals surface area contributed by atoms with E-state index in [0.29, 0.717) is 44.5 Å². The number of rotatable bonds is 14. The third-order valence-electron chi connectivity index (χ3n) is 5.17. The van der Waals surface area contributed by atoms with E-state index in [0.717, 1.165) is 12.8 Å². The van der Waals surface area contributed by atoms with Crippen molar-refractivity contribution in [2.75, 3.05) is 30.9 Å². The number of amides is 3. The van der Waals surface area contributed by atoms with Crippen molar-refractivity contribution in [3.63, 3.8) is 0 Å². The number of nitrogens with one attached hydrogen (secondary N) is 2. The molecule has 3 amide bonds. The number of carbonyl (C=O) groups is 4. The minimum Gasteiger partial charge on any atom is -0.480 e. The van der Waals surface area contributed by atoms with Crippen LogP contribution in [0.25, 0.3) is 0 Å². The number of nitrogens with zero attached hydrogens (tertiary/aromatic N) is 1. The van der Waals surface area contributed by atoms with E-state index in [4.69, 9.17) is 16.6 Å². The second-order valence-electron chi connectivity index (χ2n) is 7.51. The molecular formula is C19H35N5O5S2. The van der Waals surface area contributed by atoms with Gasteiger partial charge < -0.3 is 32.1 Å². The number of thiol groups is 1. The number of hydrogen-bond donors (Lipinski definition) is 6. The Morgan fingerprint density at radius 1 is 1.19 bits per heavy atom. The maximum atomic E-state index is 12.9. The van der Waals surface area contributed by atoms with Crippen molar-refractivity contribution in [2.24, 2.45) is 11.5 Å². The first kappa shape index (κ1) is 27.5. The molecule has 0 radical (unpaired) electrons. The Morgan fingerprint density at radius 3 is 2.48 bits per heavy atom. The molecule has 1 saturated heterocycles. The lowest BCUT2D eigenvalue weighted by atomic mass is 10.1. The Morgan fingerprint density at radius 2 is 1.90 bits per heavy atom. The second kappa shape index (κ2) is 14.5. The molecule has 1 aliphatic heterocycles. The third kappa shape index (κ3) is 8.87. The summed E-state index contributed by atoms with van der Waals surface area (Å²) >= 11 is 5.45. The van der Waals surface area contributed by atoms with Gasteiger partial charge >= 0.3 is 5.97 Å². The highest BCUT2D eigenvalue weighted by atomic mass is 32.2. The number of hydrogen-bond acceptors (Lipinski definition) is 8. The first-order valence-electron chi connectivity index (χ1n) is 10.5. The summed E-state index contributed by atoms with van der Waals surface area (Å²) in [6, 6.07) is -3.45. The molecule has 12 heteroatoms. The van der Waals surface area contributed by atoms with Crippen LogP contribution in [0, 0.1) is 0 Å². The summed E-state index contributed by atoms with van der Waals surface area (Å²) < 4.78 is 0. The maximum absolute atomic E-state index is 12.9. The van der Waals surface area contributed by atoms with Gasteiger partial charge in [-0.1, -0.05) is 6.42 Å². The van der Waals surface area contributed by atoms with Gasteiger partial charge in [0.2, 0.25) is 17.7 Å². The van der Waals surface area contributed by atoms with Crippen LogP contribution < -0.4 is 22.1 Å². The zero-order valence-electron chi connectivity index (χ0n) is 17.9. The Bertz CT molecular complexity index is 624. The third-order valence-corrected chi connectivity index (χ3v) is 6.17. The monoisotopic (exact) mass is 477 g/mol. The van der Waals surface area contributed by atoms with Crippen LogP contribution in [0.5, 0.6) is 0 Å².